The van der Waals surface area contributed by atoms with Crippen LogP contribution in [0, 0.1) is 0 Å². The molecule has 0 aliphatic heterocycles. The van der Waals surface area contributed by atoms with Gasteiger partial charge in [0.05, 0.1) is 14.2 Å². The highest BCUT2D eigenvalue weighted by Gasteiger charge is 2.19. The van der Waals surface area contributed by atoms with Crippen molar-refractivity contribution in [3.8, 4) is 17.2 Å². The normalized spacial score (nSPS) is 11.1. The van der Waals surface area contributed by atoms with Gasteiger partial charge >= 0.3 is 10.4 Å². The van der Waals surface area contributed by atoms with E-state index in [0.29, 0.717) is 11.1 Å². The quantitative estimate of drug-likeness (QED) is 0.619. The van der Waals surface area contributed by atoms with E-state index in [9.17, 15) is 8.42 Å². The summed E-state index contributed by atoms with van der Waals surface area (Å²) < 4.78 is 45.7. The summed E-state index contributed by atoms with van der Waals surface area (Å²) in [6.07, 6.45) is 1.70. The van der Waals surface area contributed by atoms with Gasteiger partial charge in [0.1, 0.15) is 5.82 Å². The lowest BCUT2D eigenvalue weighted by atomic mass is 10.1. The first-order valence-electron chi connectivity index (χ1n) is 6.52. The molecule has 11 heteroatoms. The summed E-state index contributed by atoms with van der Waals surface area (Å²) in [5.74, 6) is 0.224. The van der Waals surface area contributed by atoms with E-state index in [1.165, 1.54) is 26.5 Å². The van der Waals surface area contributed by atoms with Crippen molar-refractivity contribution in [2.45, 2.75) is 6.42 Å². The molecule has 24 heavy (non-hydrogen) atoms. The molecule has 1 aromatic heterocycles. The molecule has 0 bridgehead atoms. The van der Waals surface area contributed by atoms with E-state index in [1.54, 1.807) is 6.07 Å². The molecule has 1 heterocycles. The third-order valence-corrected chi connectivity index (χ3v) is 3.40. The number of hydrogen-bond acceptors (Lipinski definition) is 9. The van der Waals surface area contributed by atoms with Crippen LogP contribution in [0.15, 0.2) is 18.3 Å². The molecule has 0 radical (unpaired) electrons. The number of benzene rings is 1. The minimum absolute atomic E-state index is 0.0143. The van der Waals surface area contributed by atoms with Gasteiger partial charge in [0.25, 0.3) is 0 Å². The lowest BCUT2D eigenvalue weighted by molar-refractivity contribution is 0.332. The van der Waals surface area contributed by atoms with Gasteiger partial charge < -0.3 is 25.1 Å². The molecule has 130 valence electrons. The fraction of sp³-hybridized carbons (Fsp3) is 0.231. The van der Waals surface area contributed by atoms with Gasteiger partial charge in [-0.1, -0.05) is 0 Å². The Morgan fingerprint density at radius 2 is 1.83 bits per heavy atom. The average molecular weight is 356 g/mol. The van der Waals surface area contributed by atoms with Gasteiger partial charge in [-0.25, -0.2) is 4.98 Å². The van der Waals surface area contributed by atoms with Crippen LogP contribution >= 0.6 is 0 Å². The number of nitrogen functional groups attached to an aromatic ring is 2. The number of nitrogens with two attached hydrogens (primary N) is 2. The van der Waals surface area contributed by atoms with Crippen molar-refractivity contribution in [2.75, 3.05) is 25.7 Å². The smallest absolute Gasteiger partial charge is 0.446 e. The predicted octanol–water partition coefficient (Wildman–Crippen LogP) is 0.431. The van der Waals surface area contributed by atoms with Crippen LogP contribution in [0.25, 0.3) is 0 Å². The maximum Gasteiger partial charge on any atom is 0.446 e. The maximum absolute atomic E-state index is 11.0. The van der Waals surface area contributed by atoms with Crippen molar-refractivity contribution >= 4 is 22.2 Å². The molecule has 0 atom stereocenters. The molecule has 0 amide bonds. The standard InChI is InChI=1S/C13H16N4O6S/c1-21-9-4-7(3-8-6-16-13(15)17-12(8)14)5-10(11(9)22-2)23-24(18,19)20/h4-6H,3H2,1-2H3,(H,18,19,20)(H4,14,15,16,17). The highest BCUT2D eigenvalue weighted by Crippen LogP contribution is 2.39. The van der Waals surface area contributed by atoms with Gasteiger partial charge in [-0.05, 0) is 17.7 Å². The fourth-order valence-corrected chi connectivity index (χ4v) is 2.40. The lowest BCUT2D eigenvalue weighted by Crippen LogP contribution is -2.09. The minimum atomic E-state index is -4.74. The summed E-state index contributed by atoms with van der Waals surface area (Å²) in [5.41, 5.74) is 12.4. The zero-order valence-corrected chi connectivity index (χ0v) is 13.7. The first kappa shape index (κ1) is 17.6. The Balaban J connectivity index is 2.48. The van der Waals surface area contributed by atoms with Crippen molar-refractivity contribution < 1.29 is 26.6 Å². The molecule has 2 aromatic rings. The molecule has 0 aliphatic carbocycles. The third kappa shape index (κ3) is 4.14. The van der Waals surface area contributed by atoms with E-state index in [4.69, 9.17) is 25.5 Å². The summed E-state index contributed by atoms with van der Waals surface area (Å²) in [5, 5.41) is 0. The number of rotatable bonds is 6. The third-order valence-electron chi connectivity index (χ3n) is 3.01. The van der Waals surface area contributed by atoms with Crippen LogP contribution in [0.3, 0.4) is 0 Å². The van der Waals surface area contributed by atoms with Crippen molar-refractivity contribution in [1.82, 2.24) is 9.97 Å². The monoisotopic (exact) mass is 356 g/mol. The highest BCUT2D eigenvalue weighted by molar-refractivity contribution is 7.81. The minimum Gasteiger partial charge on any atom is -0.493 e. The molecule has 1 aromatic carbocycles. The van der Waals surface area contributed by atoms with E-state index >= 15 is 0 Å². The first-order valence-corrected chi connectivity index (χ1v) is 7.88. The van der Waals surface area contributed by atoms with Crippen LogP contribution in [0.2, 0.25) is 0 Å². The lowest BCUT2D eigenvalue weighted by Gasteiger charge is -2.14. The zero-order chi connectivity index (χ0) is 17.9. The second kappa shape index (κ2) is 6.76. The van der Waals surface area contributed by atoms with Crippen LogP contribution < -0.4 is 25.1 Å². The van der Waals surface area contributed by atoms with Gasteiger partial charge in [-0.2, -0.15) is 13.4 Å². The van der Waals surface area contributed by atoms with E-state index in [-0.39, 0.29) is 35.4 Å². The largest absolute Gasteiger partial charge is 0.493 e. The van der Waals surface area contributed by atoms with E-state index in [0.717, 1.165) is 0 Å². The maximum atomic E-state index is 11.0. The Morgan fingerprint density at radius 3 is 2.38 bits per heavy atom. The number of nitrogens with zero attached hydrogens (tertiary/aromatic N) is 2. The van der Waals surface area contributed by atoms with E-state index in [1.807, 2.05) is 0 Å². The van der Waals surface area contributed by atoms with Crippen LogP contribution in [-0.2, 0) is 16.8 Å². The SMILES string of the molecule is COc1cc(Cc2cnc(N)nc2N)cc(OS(=O)(=O)O)c1OC. The molecule has 0 unspecified atom stereocenters. The number of hydrogen-bond donors (Lipinski definition) is 3. The highest BCUT2D eigenvalue weighted by atomic mass is 32.3. The summed E-state index contributed by atoms with van der Waals surface area (Å²) in [7, 11) is -2.06. The zero-order valence-electron chi connectivity index (χ0n) is 12.9. The van der Waals surface area contributed by atoms with E-state index in [2.05, 4.69) is 14.2 Å². The number of anilines is 2. The molecule has 10 nitrogen and oxygen atoms in total. The summed E-state index contributed by atoms with van der Waals surface area (Å²) in [4.78, 5) is 7.71. The second-order valence-corrected chi connectivity index (χ2v) is 5.68. The van der Waals surface area contributed by atoms with Gasteiger partial charge in [-0.3, -0.25) is 4.55 Å². The summed E-state index contributed by atoms with van der Waals surface area (Å²) >= 11 is 0. The first-order chi connectivity index (χ1) is 11.2. The van der Waals surface area contributed by atoms with E-state index < -0.39 is 10.4 Å². The molecule has 0 aliphatic rings. The Kier molecular flexibility index (Phi) is 4.95. The molecule has 0 spiro atoms. The van der Waals surface area contributed by atoms with Crippen molar-refractivity contribution in [3.05, 3.63) is 29.5 Å². The van der Waals surface area contributed by atoms with Crippen molar-refractivity contribution in [3.63, 3.8) is 0 Å². The summed E-state index contributed by atoms with van der Waals surface area (Å²) in [6, 6.07) is 2.97. The molecule has 5 N–H and O–H groups in total. The van der Waals surface area contributed by atoms with Crippen LogP contribution in [0.5, 0.6) is 17.2 Å². The Labute approximate surface area is 138 Å². The number of methoxy groups -OCH3 is 2. The van der Waals surface area contributed by atoms with Gasteiger partial charge in [0.2, 0.25) is 11.7 Å². The van der Waals surface area contributed by atoms with Crippen LogP contribution in [-0.4, -0.2) is 37.2 Å². The number of ether oxygens (including phenoxy) is 2. The van der Waals surface area contributed by atoms with Crippen LogP contribution in [0.1, 0.15) is 11.1 Å². The molecule has 0 saturated carbocycles. The Hall–Kier alpha value is -2.79. The average Bonchev–Trinajstić information content (AvgIpc) is 2.48. The van der Waals surface area contributed by atoms with Crippen molar-refractivity contribution in [2.24, 2.45) is 0 Å². The Morgan fingerprint density at radius 1 is 1.17 bits per heavy atom. The molecular weight excluding hydrogens is 340 g/mol. The predicted molar refractivity (Wildman–Crippen MR) is 85.4 cm³/mol. The summed E-state index contributed by atoms with van der Waals surface area (Å²) in [6.45, 7) is 0. The Bertz CT molecular complexity index is 856. The number of aromatic nitrogens is 2. The van der Waals surface area contributed by atoms with Gasteiger partial charge in [0.15, 0.2) is 11.5 Å². The molecule has 2 rings (SSSR count). The van der Waals surface area contributed by atoms with Gasteiger partial charge in [-0.15, -0.1) is 0 Å². The second-order valence-electron chi connectivity index (χ2n) is 4.66. The topological polar surface area (TPSA) is 160 Å². The van der Waals surface area contributed by atoms with Gasteiger partial charge in [0, 0.05) is 18.2 Å². The molecule has 0 saturated heterocycles. The van der Waals surface area contributed by atoms with Crippen molar-refractivity contribution in [1.29, 1.82) is 0 Å². The van der Waals surface area contributed by atoms with Crippen LogP contribution in [0.4, 0.5) is 11.8 Å². The molecular formula is C13H16N4O6S. The molecule has 0 fully saturated rings. The fourth-order valence-electron chi connectivity index (χ4n) is 2.05.